The second-order valence-electron chi connectivity index (χ2n) is 3.81. The molecule has 0 aromatic carbocycles. The molecule has 0 unspecified atom stereocenters. The highest BCUT2D eigenvalue weighted by molar-refractivity contribution is 14.0. The lowest BCUT2D eigenvalue weighted by Gasteiger charge is -2.11. The third-order valence-electron chi connectivity index (χ3n) is 2.58. The summed E-state index contributed by atoms with van der Waals surface area (Å²) in [6.45, 7) is 3.38. The molecule has 1 aliphatic carbocycles. The van der Waals surface area contributed by atoms with Crippen molar-refractivity contribution in [1.29, 1.82) is 0 Å². The van der Waals surface area contributed by atoms with E-state index in [0.29, 0.717) is 5.41 Å². The predicted molar refractivity (Wildman–Crippen MR) is 67.8 cm³/mol. The topological polar surface area (TPSA) is 36.4 Å². The Morgan fingerprint density at radius 1 is 1.46 bits per heavy atom. The zero-order valence-electron chi connectivity index (χ0n) is 8.68. The molecule has 0 saturated heterocycles. The highest BCUT2D eigenvalue weighted by atomic mass is 127. The molecule has 2 N–H and O–H groups in total. The van der Waals surface area contributed by atoms with Crippen LogP contribution in [0.5, 0.6) is 0 Å². The van der Waals surface area contributed by atoms with E-state index in [2.05, 4.69) is 22.5 Å². The summed E-state index contributed by atoms with van der Waals surface area (Å²) < 4.78 is 0. The molecule has 13 heavy (non-hydrogen) atoms. The number of hydrogen-bond acceptors (Lipinski definition) is 1. The largest absolute Gasteiger partial charge is 0.359 e. The van der Waals surface area contributed by atoms with E-state index in [0.717, 1.165) is 12.5 Å². The van der Waals surface area contributed by atoms with Crippen molar-refractivity contribution in [2.45, 2.75) is 26.2 Å². The average molecular weight is 297 g/mol. The molecule has 78 valence electrons. The Kier molecular flexibility index (Phi) is 5.67. The van der Waals surface area contributed by atoms with Gasteiger partial charge in [-0.15, -0.1) is 24.0 Å². The van der Waals surface area contributed by atoms with Crippen LogP contribution in [0.1, 0.15) is 26.2 Å². The second-order valence-corrected chi connectivity index (χ2v) is 3.81. The van der Waals surface area contributed by atoms with Crippen molar-refractivity contribution in [3.63, 3.8) is 0 Å². The Labute approximate surface area is 97.8 Å². The van der Waals surface area contributed by atoms with Gasteiger partial charge < -0.3 is 10.6 Å². The van der Waals surface area contributed by atoms with Gasteiger partial charge in [-0.2, -0.15) is 0 Å². The Morgan fingerprint density at radius 3 is 2.46 bits per heavy atom. The first-order valence-electron chi connectivity index (χ1n) is 4.59. The normalized spacial score (nSPS) is 18.8. The first kappa shape index (κ1) is 13.0. The average Bonchev–Trinajstić information content (AvgIpc) is 2.78. The first-order valence-corrected chi connectivity index (χ1v) is 4.59. The SMILES string of the molecule is CN=C(NC)NCCC1(C)CC1.I. The molecule has 0 aromatic heterocycles. The molecule has 0 atom stereocenters. The van der Waals surface area contributed by atoms with E-state index in [-0.39, 0.29) is 24.0 Å². The van der Waals surface area contributed by atoms with E-state index < -0.39 is 0 Å². The van der Waals surface area contributed by atoms with Crippen molar-refractivity contribution in [3.05, 3.63) is 0 Å². The fourth-order valence-corrected chi connectivity index (χ4v) is 1.23. The van der Waals surface area contributed by atoms with E-state index >= 15 is 0 Å². The summed E-state index contributed by atoms with van der Waals surface area (Å²) in [5.74, 6) is 0.888. The molecule has 4 heteroatoms. The van der Waals surface area contributed by atoms with E-state index in [4.69, 9.17) is 0 Å². The maximum Gasteiger partial charge on any atom is 0.190 e. The summed E-state index contributed by atoms with van der Waals surface area (Å²) in [6, 6.07) is 0. The van der Waals surface area contributed by atoms with Gasteiger partial charge in [0.25, 0.3) is 0 Å². The van der Waals surface area contributed by atoms with Gasteiger partial charge in [-0.1, -0.05) is 6.92 Å². The van der Waals surface area contributed by atoms with Crippen LogP contribution in [-0.2, 0) is 0 Å². The molecule has 0 aromatic rings. The quantitative estimate of drug-likeness (QED) is 0.471. The van der Waals surface area contributed by atoms with Crippen LogP contribution < -0.4 is 10.6 Å². The van der Waals surface area contributed by atoms with Crippen LogP contribution in [0, 0.1) is 5.41 Å². The predicted octanol–water partition coefficient (Wildman–Crippen LogP) is 1.59. The molecule has 0 bridgehead atoms. The van der Waals surface area contributed by atoms with Crippen molar-refractivity contribution < 1.29 is 0 Å². The van der Waals surface area contributed by atoms with Crippen molar-refractivity contribution in [2.24, 2.45) is 10.4 Å². The van der Waals surface area contributed by atoms with Gasteiger partial charge in [-0.3, -0.25) is 4.99 Å². The monoisotopic (exact) mass is 297 g/mol. The number of aliphatic imine (C=N–C) groups is 1. The molecule has 1 rings (SSSR count). The van der Waals surface area contributed by atoms with Crippen molar-refractivity contribution in [1.82, 2.24) is 10.6 Å². The minimum atomic E-state index is 0. The summed E-state index contributed by atoms with van der Waals surface area (Å²) in [7, 11) is 3.67. The first-order chi connectivity index (χ1) is 5.70. The van der Waals surface area contributed by atoms with Gasteiger partial charge in [0.2, 0.25) is 0 Å². The zero-order chi connectivity index (χ0) is 9.03. The van der Waals surface area contributed by atoms with Crippen molar-refractivity contribution in [2.75, 3.05) is 20.6 Å². The highest BCUT2D eigenvalue weighted by Gasteiger charge is 2.36. The number of hydrogen-bond donors (Lipinski definition) is 2. The summed E-state index contributed by atoms with van der Waals surface area (Å²) in [6.07, 6.45) is 4.05. The van der Waals surface area contributed by atoms with Crippen LogP contribution in [-0.4, -0.2) is 26.6 Å². The number of nitrogens with one attached hydrogen (secondary N) is 2. The third-order valence-corrected chi connectivity index (χ3v) is 2.58. The van der Waals surface area contributed by atoms with Crippen LogP contribution in [0.3, 0.4) is 0 Å². The van der Waals surface area contributed by atoms with Gasteiger partial charge >= 0.3 is 0 Å². The molecule has 0 aliphatic heterocycles. The van der Waals surface area contributed by atoms with Crippen molar-refractivity contribution in [3.8, 4) is 0 Å². The van der Waals surface area contributed by atoms with Gasteiger partial charge in [-0.05, 0) is 24.7 Å². The Bertz CT molecular complexity index is 176. The molecule has 3 nitrogen and oxygen atoms in total. The minimum absolute atomic E-state index is 0. The fourth-order valence-electron chi connectivity index (χ4n) is 1.23. The van der Waals surface area contributed by atoms with E-state index in [9.17, 15) is 0 Å². The smallest absolute Gasteiger partial charge is 0.190 e. The lowest BCUT2D eigenvalue weighted by molar-refractivity contribution is 0.512. The van der Waals surface area contributed by atoms with E-state index in [1.807, 2.05) is 7.05 Å². The van der Waals surface area contributed by atoms with Gasteiger partial charge in [0.15, 0.2) is 5.96 Å². The van der Waals surface area contributed by atoms with Gasteiger partial charge in [0.05, 0.1) is 0 Å². The molecular weight excluding hydrogens is 277 g/mol. The molecule has 0 heterocycles. The second kappa shape index (κ2) is 5.67. The summed E-state index contributed by atoms with van der Waals surface area (Å²) in [4.78, 5) is 4.04. The molecule has 0 amide bonds. The Morgan fingerprint density at radius 2 is 2.08 bits per heavy atom. The number of nitrogens with zero attached hydrogens (tertiary/aromatic N) is 1. The Balaban J connectivity index is 0.00000144. The molecule has 0 spiro atoms. The lowest BCUT2D eigenvalue weighted by atomic mass is 10.1. The van der Waals surface area contributed by atoms with Crippen LogP contribution in [0.25, 0.3) is 0 Å². The highest BCUT2D eigenvalue weighted by Crippen LogP contribution is 2.47. The summed E-state index contributed by atoms with van der Waals surface area (Å²) >= 11 is 0. The molecule has 1 fully saturated rings. The van der Waals surface area contributed by atoms with E-state index in [1.54, 1.807) is 7.05 Å². The Hall–Kier alpha value is 0. The molecule has 0 radical (unpaired) electrons. The van der Waals surface area contributed by atoms with E-state index in [1.165, 1.54) is 19.3 Å². The van der Waals surface area contributed by atoms with Gasteiger partial charge in [-0.25, -0.2) is 0 Å². The summed E-state index contributed by atoms with van der Waals surface area (Å²) in [5.41, 5.74) is 0.638. The van der Waals surface area contributed by atoms with Gasteiger partial charge in [0.1, 0.15) is 0 Å². The lowest BCUT2D eigenvalue weighted by Crippen LogP contribution is -2.35. The third kappa shape index (κ3) is 4.69. The zero-order valence-corrected chi connectivity index (χ0v) is 11.0. The van der Waals surface area contributed by atoms with Crippen LogP contribution >= 0.6 is 24.0 Å². The number of halogens is 1. The molecule has 1 saturated carbocycles. The van der Waals surface area contributed by atoms with Crippen LogP contribution in [0.2, 0.25) is 0 Å². The van der Waals surface area contributed by atoms with Crippen molar-refractivity contribution >= 4 is 29.9 Å². The van der Waals surface area contributed by atoms with Crippen LogP contribution in [0.4, 0.5) is 0 Å². The fraction of sp³-hybridized carbons (Fsp3) is 0.889. The number of rotatable bonds is 3. The van der Waals surface area contributed by atoms with Crippen LogP contribution in [0.15, 0.2) is 4.99 Å². The maximum atomic E-state index is 4.04. The molecular formula is C9H20IN3. The maximum absolute atomic E-state index is 4.04. The molecule has 1 aliphatic rings. The standard InChI is InChI=1S/C9H19N3.HI/c1-9(4-5-9)6-7-12-8(10-2)11-3;/h4-7H2,1-3H3,(H2,10,11,12);1H. The van der Waals surface area contributed by atoms with Gasteiger partial charge in [0, 0.05) is 20.6 Å². The minimum Gasteiger partial charge on any atom is -0.359 e. The number of guanidine groups is 1. The summed E-state index contributed by atoms with van der Waals surface area (Å²) in [5, 5.41) is 6.25.